The molecule has 19 heavy (non-hydrogen) atoms. The number of nitrogens with zero attached hydrogens (tertiary/aromatic N) is 1. The molecule has 0 heterocycles. The summed E-state index contributed by atoms with van der Waals surface area (Å²) in [5.41, 5.74) is 1.00. The Bertz CT molecular complexity index is 383. The van der Waals surface area contributed by atoms with Gasteiger partial charge in [0.05, 0.1) is 6.54 Å². The number of hydrogen-bond acceptors (Lipinski definition) is 2. The molecule has 1 aromatic rings. The maximum atomic E-state index is 9.38. The molecule has 0 aliphatic carbocycles. The Balaban J connectivity index is 0.00000324. The quantitative estimate of drug-likeness (QED) is 0.309. The van der Waals surface area contributed by atoms with Crippen molar-refractivity contribution < 1.29 is 5.11 Å². The van der Waals surface area contributed by atoms with Gasteiger partial charge in [-0.25, -0.2) is 4.99 Å². The molecule has 3 N–H and O–H groups in total. The zero-order valence-electron chi connectivity index (χ0n) is 11.6. The molecule has 0 atom stereocenters. The van der Waals surface area contributed by atoms with E-state index < -0.39 is 0 Å². The number of phenolic OH excluding ortho intramolecular Hbond substituents is 1. The maximum absolute atomic E-state index is 9.38. The second kappa shape index (κ2) is 10.9. The van der Waals surface area contributed by atoms with Crippen molar-refractivity contribution in [3.8, 4) is 5.75 Å². The molecule has 0 amide bonds. The molecule has 0 unspecified atom stereocenters. The maximum Gasteiger partial charge on any atom is 0.191 e. The lowest BCUT2D eigenvalue weighted by Crippen LogP contribution is -2.37. The van der Waals surface area contributed by atoms with Gasteiger partial charge in [-0.3, -0.25) is 0 Å². The molecule has 108 valence electrons. The number of aliphatic imine (C=N–C) groups is 1. The molecule has 5 heteroatoms. The molecule has 0 aromatic heterocycles. The smallest absolute Gasteiger partial charge is 0.191 e. The van der Waals surface area contributed by atoms with Crippen LogP contribution in [0.1, 0.15) is 32.3 Å². The largest absolute Gasteiger partial charge is 0.508 e. The van der Waals surface area contributed by atoms with Crippen molar-refractivity contribution >= 4 is 29.9 Å². The van der Waals surface area contributed by atoms with Gasteiger partial charge in [0.15, 0.2) is 5.96 Å². The zero-order valence-corrected chi connectivity index (χ0v) is 14.0. The van der Waals surface area contributed by atoms with Crippen LogP contribution in [0.5, 0.6) is 5.75 Å². The van der Waals surface area contributed by atoms with E-state index in [1.54, 1.807) is 12.1 Å². The van der Waals surface area contributed by atoms with Gasteiger partial charge in [0, 0.05) is 13.1 Å². The van der Waals surface area contributed by atoms with Gasteiger partial charge in [-0.2, -0.15) is 0 Å². The lowest BCUT2D eigenvalue weighted by molar-refractivity contribution is 0.474. The standard InChI is InChI=1S/C14H23N3O.HI/c1-3-5-9-16-14(15-4-2)17-11-12-7-6-8-13(18)10-12;/h6-8,10,18H,3-5,9,11H2,1-2H3,(H2,15,16,17);1H. The van der Waals surface area contributed by atoms with E-state index in [0.717, 1.165) is 31.0 Å². The van der Waals surface area contributed by atoms with Crippen LogP contribution in [0.3, 0.4) is 0 Å². The third kappa shape index (κ3) is 7.92. The summed E-state index contributed by atoms with van der Waals surface area (Å²) in [5.74, 6) is 1.11. The number of halogens is 1. The summed E-state index contributed by atoms with van der Waals surface area (Å²) in [4.78, 5) is 4.48. The average Bonchev–Trinajstić information content (AvgIpc) is 2.36. The highest BCUT2D eigenvalue weighted by Crippen LogP contribution is 2.11. The predicted octanol–water partition coefficient (Wildman–Crippen LogP) is 2.87. The third-order valence-electron chi connectivity index (χ3n) is 2.50. The van der Waals surface area contributed by atoms with Gasteiger partial charge in [0.25, 0.3) is 0 Å². The Kier molecular flexibility index (Phi) is 10.3. The van der Waals surface area contributed by atoms with Crippen LogP contribution < -0.4 is 10.6 Å². The number of guanidine groups is 1. The molecule has 0 saturated heterocycles. The van der Waals surface area contributed by atoms with Crippen LogP contribution in [0.2, 0.25) is 0 Å². The molecule has 4 nitrogen and oxygen atoms in total. The number of phenols is 1. The van der Waals surface area contributed by atoms with Gasteiger partial charge in [0.1, 0.15) is 5.75 Å². The second-order valence-electron chi connectivity index (χ2n) is 4.15. The fourth-order valence-electron chi connectivity index (χ4n) is 1.55. The number of nitrogens with one attached hydrogen (secondary N) is 2. The van der Waals surface area contributed by atoms with Crippen LogP contribution in [-0.2, 0) is 6.54 Å². The zero-order chi connectivity index (χ0) is 13.2. The number of unbranched alkanes of at least 4 members (excludes halogenated alkanes) is 1. The Morgan fingerprint density at radius 3 is 2.68 bits per heavy atom. The second-order valence-corrected chi connectivity index (χ2v) is 4.15. The Morgan fingerprint density at radius 1 is 1.26 bits per heavy atom. The van der Waals surface area contributed by atoms with E-state index in [9.17, 15) is 5.11 Å². The van der Waals surface area contributed by atoms with Crippen LogP contribution in [0.4, 0.5) is 0 Å². The van der Waals surface area contributed by atoms with Crippen molar-refractivity contribution in [2.45, 2.75) is 33.2 Å². The monoisotopic (exact) mass is 377 g/mol. The van der Waals surface area contributed by atoms with E-state index in [1.807, 2.05) is 19.1 Å². The fraction of sp³-hybridized carbons (Fsp3) is 0.500. The van der Waals surface area contributed by atoms with Crippen LogP contribution in [0.25, 0.3) is 0 Å². The van der Waals surface area contributed by atoms with Gasteiger partial charge < -0.3 is 15.7 Å². The van der Waals surface area contributed by atoms with E-state index in [4.69, 9.17) is 0 Å². The lowest BCUT2D eigenvalue weighted by Gasteiger charge is -2.10. The first-order valence-corrected chi connectivity index (χ1v) is 6.56. The number of benzene rings is 1. The predicted molar refractivity (Wildman–Crippen MR) is 91.2 cm³/mol. The highest BCUT2D eigenvalue weighted by Gasteiger charge is 1.97. The summed E-state index contributed by atoms with van der Waals surface area (Å²) in [7, 11) is 0. The lowest BCUT2D eigenvalue weighted by atomic mass is 10.2. The molecule has 0 aliphatic rings. The molecular formula is C14H24IN3O. The van der Waals surface area contributed by atoms with Gasteiger partial charge in [-0.15, -0.1) is 24.0 Å². The molecular weight excluding hydrogens is 353 g/mol. The van der Waals surface area contributed by atoms with Crippen molar-refractivity contribution in [3.63, 3.8) is 0 Å². The molecule has 1 aromatic carbocycles. The van der Waals surface area contributed by atoms with Crippen molar-refractivity contribution in [3.05, 3.63) is 29.8 Å². The highest BCUT2D eigenvalue weighted by molar-refractivity contribution is 14.0. The van der Waals surface area contributed by atoms with Crippen molar-refractivity contribution in [2.24, 2.45) is 4.99 Å². The van der Waals surface area contributed by atoms with Crippen LogP contribution in [-0.4, -0.2) is 24.2 Å². The number of aromatic hydroxyl groups is 1. The Labute approximate surface area is 132 Å². The fourth-order valence-corrected chi connectivity index (χ4v) is 1.55. The number of hydrogen-bond donors (Lipinski definition) is 3. The van der Waals surface area contributed by atoms with Crippen molar-refractivity contribution in [2.75, 3.05) is 13.1 Å². The van der Waals surface area contributed by atoms with Gasteiger partial charge >= 0.3 is 0 Å². The Hall–Kier alpha value is -0.980. The first kappa shape index (κ1) is 18.0. The van der Waals surface area contributed by atoms with Gasteiger partial charge in [-0.1, -0.05) is 25.5 Å². The minimum absolute atomic E-state index is 0. The normalized spacial score (nSPS) is 10.7. The summed E-state index contributed by atoms with van der Waals surface area (Å²) in [6, 6.07) is 7.19. The van der Waals surface area contributed by atoms with Crippen molar-refractivity contribution in [1.82, 2.24) is 10.6 Å². The summed E-state index contributed by atoms with van der Waals surface area (Å²) in [6.45, 7) is 6.56. The highest BCUT2D eigenvalue weighted by atomic mass is 127. The van der Waals surface area contributed by atoms with E-state index in [-0.39, 0.29) is 29.7 Å². The minimum atomic E-state index is 0. The summed E-state index contributed by atoms with van der Waals surface area (Å²) < 4.78 is 0. The molecule has 1 rings (SSSR count). The molecule has 0 aliphatic heterocycles. The first-order chi connectivity index (χ1) is 8.76. The van der Waals surface area contributed by atoms with E-state index in [0.29, 0.717) is 6.54 Å². The molecule has 0 radical (unpaired) electrons. The first-order valence-electron chi connectivity index (χ1n) is 6.56. The van der Waals surface area contributed by atoms with Crippen LogP contribution in [0.15, 0.2) is 29.3 Å². The summed E-state index contributed by atoms with van der Waals surface area (Å²) >= 11 is 0. The van der Waals surface area contributed by atoms with Crippen LogP contribution >= 0.6 is 24.0 Å². The van der Waals surface area contributed by atoms with Crippen molar-refractivity contribution in [1.29, 1.82) is 0 Å². The number of rotatable bonds is 6. The summed E-state index contributed by atoms with van der Waals surface area (Å²) in [5, 5.41) is 15.9. The average molecular weight is 377 g/mol. The van der Waals surface area contributed by atoms with E-state index in [2.05, 4.69) is 22.5 Å². The molecule has 0 bridgehead atoms. The van der Waals surface area contributed by atoms with Gasteiger partial charge in [-0.05, 0) is 31.0 Å². The molecule has 0 saturated carbocycles. The van der Waals surface area contributed by atoms with Gasteiger partial charge in [0.2, 0.25) is 0 Å². The van der Waals surface area contributed by atoms with E-state index >= 15 is 0 Å². The summed E-state index contributed by atoms with van der Waals surface area (Å²) in [6.07, 6.45) is 2.30. The third-order valence-corrected chi connectivity index (χ3v) is 2.50. The van der Waals surface area contributed by atoms with Crippen LogP contribution in [0, 0.1) is 0 Å². The SMILES string of the molecule is CCCCNC(=NCc1cccc(O)c1)NCC.I. The molecule has 0 spiro atoms. The minimum Gasteiger partial charge on any atom is -0.508 e. The molecule has 0 fully saturated rings. The van der Waals surface area contributed by atoms with E-state index in [1.165, 1.54) is 6.42 Å². The topological polar surface area (TPSA) is 56.7 Å². The Morgan fingerprint density at radius 2 is 2.05 bits per heavy atom.